The Labute approximate surface area is 132 Å². The van der Waals surface area contributed by atoms with Crippen LogP contribution in [-0.4, -0.2) is 9.97 Å². The molecule has 4 rings (SSSR count). The second kappa shape index (κ2) is 5.00. The number of H-pyrrole nitrogens is 1. The molecule has 0 unspecified atom stereocenters. The number of thiazole rings is 1. The summed E-state index contributed by atoms with van der Waals surface area (Å²) in [6.07, 6.45) is 0. The molecule has 0 atom stereocenters. The molecule has 22 heavy (non-hydrogen) atoms. The third-order valence-corrected chi connectivity index (χ3v) is 4.68. The number of aromatic amines is 1. The first kappa shape index (κ1) is 13.1. The molecule has 0 radical (unpaired) electrons. The number of hydrogen-bond donors (Lipinski definition) is 2. The molecule has 3 N–H and O–H groups in total. The summed E-state index contributed by atoms with van der Waals surface area (Å²) in [6.45, 7) is 2.09. The number of fused-ring (bicyclic) bond motifs is 1. The molecular weight excluding hydrogens is 290 g/mol. The largest absolute Gasteiger partial charge is 0.399 e. The summed E-state index contributed by atoms with van der Waals surface area (Å²) in [7, 11) is 0. The zero-order valence-corrected chi connectivity index (χ0v) is 12.9. The van der Waals surface area contributed by atoms with Crippen molar-refractivity contribution < 1.29 is 0 Å². The van der Waals surface area contributed by atoms with Crippen LogP contribution in [0.3, 0.4) is 0 Å². The number of hydrogen-bond acceptors (Lipinski definition) is 3. The molecule has 0 aliphatic rings. The Hall–Kier alpha value is -2.59. The molecule has 2 aromatic heterocycles. The molecular formula is C18H15N3S. The molecule has 0 saturated heterocycles. The topological polar surface area (TPSA) is 54.7 Å². The van der Waals surface area contributed by atoms with Crippen LogP contribution < -0.4 is 5.73 Å². The van der Waals surface area contributed by atoms with Gasteiger partial charge in [0.05, 0.1) is 5.69 Å². The SMILES string of the molecule is Cc1[nH]c2ccccc2c1-c1csc(-c2cccc(N)c2)n1. The van der Waals surface area contributed by atoms with Crippen molar-refractivity contribution in [1.82, 2.24) is 9.97 Å². The van der Waals surface area contributed by atoms with Gasteiger partial charge in [-0.25, -0.2) is 4.98 Å². The zero-order valence-electron chi connectivity index (χ0n) is 12.1. The average Bonchev–Trinajstić information content (AvgIpc) is 3.10. The summed E-state index contributed by atoms with van der Waals surface area (Å²) < 4.78 is 0. The number of benzene rings is 2. The summed E-state index contributed by atoms with van der Waals surface area (Å²) >= 11 is 1.65. The molecule has 0 spiro atoms. The van der Waals surface area contributed by atoms with Gasteiger partial charge in [0.25, 0.3) is 0 Å². The summed E-state index contributed by atoms with van der Waals surface area (Å²) in [5.74, 6) is 0. The molecule has 4 aromatic rings. The quantitative estimate of drug-likeness (QED) is 0.520. The molecule has 0 aliphatic heterocycles. The fraction of sp³-hybridized carbons (Fsp3) is 0.0556. The van der Waals surface area contributed by atoms with Gasteiger partial charge in [-0.3, -0.25) is 0 Å². The highest BCUT2D eigenvalue weighted by molar-refractivity contribution is 7.13. The van der Waals surface area contributed by atoms with Crippen molar-refractivity contribution in [2.24, 2.45) is 0 Å². The lowest BCUT2D eigenvalue weighted by Gasteiger charge is -1.99. The maximum atomic E-state index is 5.87. The van der Waals surface area contributed by atoms with Crippen LogP contribution in [0.1, 0.15) is 5.69 Å². The maximum absolute atomic E-state index is 5.87. The van der Waals surface area contributed by atoms with Crippen LogP contribution in [-0.2, 0) is 0 Å². The molecule has 0 amide bonds. The van der Waals surface area contributed by atoms with E-state index < -0.39 is 0 Å². The Morgan fingerprint density at radius 3 is 2.82 bits per heavy atom. The molecule has 0 bridgehead atoms. The minimum Gasteiger partial charge on any atom is -0.399 e. The first-order chi connectivity index (χ1) is 10.7. The highest BCUT2D eigenvalue weighted by Gasteiger charge is 2.14. The second-order valence-electron chi connectivity index (χ2n) is 5.33. The van der Waals surface area contributed by atoms with Gasteiger partial charge in [0.15, 0.2) is 0 Å². The van der Waals surface area contributed by atoms with Crippen molar-refractivity contribution in [1.29, 1.82) is 0 Å². The number of rotatable bonds is 2. The van der Waals surface area contributed by atoms with Gasteiger partial charge in [0.2, 0.25) is 0 Å². The van der Waals surface area contributed by atoms with E-state index in [-0.39, 0.29) is 0 Å². The van der Waals surface area contributed by atoms with E-state index in [1.54, 1.807) is 11.3 Å². The van der Waals surface area contributed by atoms with Crippen molar-refractivity contribution >= 4 is 27.9 Å². The molecule has 0 saturated carbocycles. The van der Waals surface area contributed by atoms with E-state index in [0.717, 1.165) is 33.2 Å². The van der Waals surface area contributed by atoms with Crippen molar-refractivity contribution in [2.45, 2.75) is 6.92 Å². The number of nitrogens with zero attached hydrogens (tertiary/aromatic N) is 1. The van der Waals surface area contributed by atoms with Crippen LogP contribution in [0.4, 0.5) is 5.69 Å². The van der Waals surface area contributed by atoms with Crippen molar-refractivity contribution in [3.05, 3.63) is 59.6 Å². The Bertz CT molecular complexity index is 965. The first-order valence-electron chi connectivity index (χ1n) is 7.11. The van der Waals surface area contributed by atoms with E-state index in [9.17, 15) is 0 Å². The van der Waals surface area contributed by atoms with Gasteiger partial charge in [-0.15, -0.1) is 11.3 Å². The van der Waals surface area contributed by atoms with E-state index >= 15 is 0 Å². The van der Waals surface area contributed by atoms with Gasteiger partial charge in [0, 0.05) is 38.8 Å². The zero-order chi connectivity index (χ0) is 15.1. The number of anilines is 1. The third kappa shape index (κ3) is 2.09. The monoisotopic (exact) mass is 305 g/mol. The van der Waals surface area contributed by atoms with Gasteiger partial charge in [-0.05, 0) is 25.1 Å². The normalized spacial score (nSPS) is 11.1. The Balaban J connectivity index is 1.85. The van der Waals surface area contributed by atoms with E-state index in [0.29, 0.717) is 0 Å². The highest BCUT2D eigenvalue weighted by Crippen LogP contribution is 2.35. The number of nitrogens with two attached hydrogens (primary N) is 1. The molecule has 3 nitrogen and oxygen atoms in total. The number of nitrogen functional groups attached to an aromatic ring is 1. The lowest BCUT2D eigenvalue weighted by molar-refractivity contribution is 1.29. The first-order valence-corrected chi connectivity index (χ1v) is 7.99. The summed E-state index contributed by atoms with van der Waals surface area (Å²) in [5, 5.41) is 4.32. The minimum absolute atomic E-state index is 0.762. The molecule has 0 aliphatic carbocycles. The predicted octanol–water partition coefficient (Wildman–Crippen LogP) is 4.85. The van der Waals surface area contributed by atoms with Gasteiger partial charge < -0.3 is 10.7 Å². The molecule has 4 heteroatoms. The van der Waals surface area contributed by atoms with Gasteiger partial charge in [0.1, 0.15) is 5.01 Å². The lowest BCUT2D eigenvalue weighted by atomic mass is 10.1. The van der Waals surface area contributed by atoms with Crippen LogP contribution in [0.5, 0.6) is 0 Å². The third-order valence-electron chi connectivity index (χ3n) is 3.79. The van der Waals surface area contributed by atoms with Crippen molar-refractivity contribution in [3.63, 3.8) is 0 Å². The summed E-state index contributed by atoms with van der Waals surface area (Å²) in [5.41, 5.74) is 12.2. The maximum Gasteiger partial charge on any atom is 0.124 e. The minimum atomic E-state index is 0.762. The van der Waals surface area contributed by atoms with Gasteiger partial charge in [-0.1, -0.05) is 30.3 Å². The number of nitrogens with one attached hydrogen (secondary N) is 1. The Kier molecular flexibility index (Phi) is 2.98. The van der Waals surface area contributed by atoms with Crippen LogP contribution >= 0.6 is 11.3 Å². The number of aryl methyl sites for hydroxylation is 1. The molecule has 108 valence electrons. The average molecular weight is 305 g/mol. The number of para-hydroxylation sites is 1. The van der Waals surface area contributed by atoms with Gasteiger partial charge >= 0.3 is 0 Å². The van der Waals surface area contributed by atoms with E-state index in [1.165, 1.54) is 10.9 Å². The fourth-order valence-electron chi connectivity index (χ4n) is 2.80. The second-order valence-corrected chi connectivity index (χ2v) is 6.19. The van der Waals surface area contributed by atoms with E-state index in [4.69, 9.17) is 10.7 Å². The molecule has 0 fully saturated rings. The van der Waals surface area contributed by atoms with Gasteiger partial charge in [-0.2, -0.15) is 0 Å². The van der Waals surface area contributed by atoms with Crippen molar-refractivity contribution in [3.8, 4) is 21.8 Å². The number of aromatic nitrogens is 2. The van der Waals surface area contributed by atoms with Crippen LogP contribution in [0.15, 0.2) is 53.9 Å². The smallest absolute Gasteiger partial charge is 0.124 e. The molecule has 2 aromatic carbocycles. The Morgan fingerprint density at radius 1 is 1.09 bits per heavy atom. The Morgan fingerprint density at radius 2 is 1.95 bits per heavy atom. The standard InChI is InChI=1S/C18H15N3S/c1-11-17(14-7-2-3-8-15(14)20-11)16-10-22-18(21-16)12-5-4-6-13(19)9-12/h2-10,20H,19H2,1H3. The van der Waals surface area contributed by atoms with Crippen LogP contribution in [0, 0.1) is 6.92 Å². The van der Waals surface area contributed by atoms with E-state index in [1.807, 2.05) is 30.3 Å². The lowest BCUT2D eigenvalue weighted by Crippen LogP contribution is -1.85. The van der Waals surface area contributed by atoms with E-state index in [2.05, 4.69) is 35.5 Å². The van der Waals surface area contributed by atoms with Crippen molar-refractivity contribution in [2.75, 3.05) is 5.73 Å². The predicted molar refractivity (Wildman–Crippen MR) is 94.0 cm³/mol. The van der Waals surface area contributed by atoms with Crippen LogP contribution in [0.2, 0.25) is 0 Å². The summed E-state index contributed by atoms with van der Waals surface area (Å²) in [4.78, 5) is 8.25. The molecule has 2 heterocycles. The highest BCUT2D eigenvalue weighted by atomic mass is 32.1. The fourth-order valence-corrected chi connectivity index (χ4v) is 3.61. The summed E-state index contributed by atoms with van der Waals surface area (Å²) in [6, 6.07) is 16.2. The van der Waals surface area contributed by atoms with Crippen LogP contribution in [0.25, 0.3) is 32.7 Å².